The second-order valence-electron chi connectivity index (χ2n) is 5.88. The molecular formula is C19H13F6N3O2. The Balaban J connectivity index is 1.82. The van der Waals surface area contributed by atoms with Crippen molar-refractivity contribution in [3.8, 4) is 11.6 Å². The highest BCUT2D eigenvalue weighted by atomic mass is 19.4. The van der Waals surface area contributed by atoms with Crippen LogP contribution < -0.4 is 14.8 Å². The van der Waals surface area contributed by atoms with Gasteiger partial charge in [0, 0.05) is 5.69 Å². The number of anilines is 2. The van der Waals surface area contributed by atoms with Crippen molar-refractivity contribution in [2.24, 2.45) is 0 Å². The first kappa shape index (κ1) is 21.2. The molecule has 3 aromatic rings. The molecule has 11 heteroatoms. The minimum Gasteiger partial charge on any atom is -0.470 e. The molecule has 0 saturated carbocycles. The zero-order valence-corrected chi connectivity index (χ0v) is 15.0. The number of rotatable bonds is 6. The lowest BCUT2D eigenvalue weighted by Gasteiger charge is -2.14. The van der Waals surface area contributed by atoms with Crippen LogP contribution in [0.3, 0.4) is 0 Å². The standard InChI is InChI=1S/C19H13F6N3O2/c20-18(21,22)15-10-26-16(17(28-15)29-11-12-4-2-1-3-5-12)27-13-6-8-14(9-7-13)30-19(23,24)25/h1-10H,11H2,(H,26,27). The van der Waals surface area contributed by atoms with Crippen LogP contribution in [0.4, 0.5) is 37.8 Å². The molecule has 3 rings (SSSR count). The summed E-state index contributed by atoms with van der Waals surface area (Å²) in [6.07, 6.45) is -9.04. The number of aromatic nitrogens is 2. The minimum absolute atomic E-state index is 0.0656. The van der Waals surface area contributed by atoms with Gasteiger partial charge in [-0.25, -0.2) is 9.97 Å². The van der Waals surface area contributed by atoms with E-state index in [0.717, 1.165) is 12.1 Å². The fourth-order valence-corrected chi connectivity index (χ4v) is 2.30. The van der Waals surface area contributed by atoms with E-state index < -0.39 is 29.9 Å². The largest absolute Gasteiger partial charge is 0.573 e. The number of nitrogens with one attached hydrogen (secondary N) is 1. The third-order valence-electron chi connectivity index (χ3n) is 3.60. The van der Waals surface area contributed by atoms with Crippen LogP contribution in [0.2, 0.25) is 0 Å². The average molecular weight is 429 g/mol. The zero-order valence-electron chi connectivity index (χ0n) is 15.0. The van der Waals surface area contributed by atoms with Gasteiger partial charge in [-0.2, -0.15) is 13.2 Å². The Bertz CT molecular complexity index is 976. The highest BCUT2D eigenvalue weighted by molar-refractivity contribution is 5.61. The van der Waals surface area contributed by atoms with Crippen molar-refractivity contribution in [1.82, 2.24) is 9.97 Å². The predicted octanol–water partition coefficient (Wildman–Crippen LogP) is 5.72. The molecule has 158 valence electrons. The highest BCUT2D eigenvalue weighted by Crippen LogP contribution is 2.32. The fraction of sp³-hybridized carbons (Fsp3) is 0.158. The van der Waals surface area contributed by atoms with Gasteiger partial charge in [-0.15, -0.1) is 13.2 Å². The molecule has 0 amide bonds. The van der Waals surface area contributed by atoms with E-state index in [1.807, 2.05) is 0 Å². The summed E-state index contributed by atoms with van der Waals surface area (Å²) in [7, 11) is 0. The molecule has 0 unspecified atom stereocenters. The maximum atomic E-state index is 13.0. The van der Waals surface area contributed by atoms with Crippen LogP contribution in [-0.4, -0.2) is 16.3 Å². The van der Waals surface area contributed by atoms with E-state index in [-0.39, 0.29) is 18.1 Å². The van der Waals surface area contributed by atoms with Crippen LogP contribution in [0.25, 0.3) is 0 Å². The first-order chi connectivity index (χ1) is 14.1. The maximum absolute atomic E-state index is 13.0. The van der Waals surface area contributed by atoms with E-state index in [2.05, 4.69) is 20.0 Å². The lowest BCUT2D eigenvalue weighted by Crippen LogP contribution is -2.17. The van der Waals surface area contributed by atoms with Gasteiger partial charge in [-0.3, -0.25) is 0 Å². The Morgan fingerprint density at radius 2 is 1.53 bits per heavy atom. The van der Waals surface area contributed by atoms with E-state index in [0.29, 0.717) is 11.8 Å². The number of hydrogen-bond acceptors (Lipinski definition) is 5. The van der Waals surface area contributed by atoms with E-state index >= 15 is 0 Å². The zero-order chi connectivity index (χ0) is 21.8. The molecule has 1 N–H and O–H groups in total. The van der Waals surface area contributed by atoms with Crippen molar-refractivity contribution in [3.63, 3.8) is 0 Å². The van der Waals surface area contributed by atoms with Gasteiger partial charge in [0.25, 0.3) is 5.88 Å². The van der Waals surface area contributed by atoms with Gasteiger partial charge < -0.3 is 14.8 Å². The predicted molar refractivity (Wildman–Crippen MR) is 94.2 cm³/mol. The SMILES string of the molecule is FC(F)(F)Oc1ccc(Nc2ncc(C(F)(F)F)nc2OCc2ccccc2)cc1. The van der Waals surface area contributed by atoms with Crippen LogP contribution in [-0.2, 0) is 12.8 Å². The number of ether oxygens (including phenoxy) is 2. The lowest BCUT2D eigenvalue weighted by atomic mass is 10.2. The average Bonchev–Trinajstić information content (AvgIpc) is 2.67. The number of halogens is 6. The first-order valence-corrected chi connectivity index (χ1v) is 8.34. The minimum atomic E-state index is -4.84. The van der Waals surface area contributed by atoms with Crippen molar-refractivity contribution in [1.29, 1.82) is 0 Å². The summed E-state index contributed by atoms with van der Waals surface area (Å²) in [6, 6.07) is 13.2. The molecule has 0 spiro atoms. The van der Waals surface area contributed by atoms with Crippen LogP contribution in [0.15, 0.2) is 60.8 Å². The first-order valence-electron chi connectivity index (χ1n) is 8.34. The quantitative estimate of drug-likeness (QED) is 0.508. The van der Waals surface area contributed by atoms with Crippen molar-refractivity contribution in [2.45, 2.75) is 19.1 Å². The summed E-state index contributed by atoms with van der Waals surface area (Å²) < 4.78 is 84.8. The van der Waals surface area contributed by atoms with Crippen molar-refractivity contribution < 1.29 is 35.8 Å². The molecule has 2 aromatic carbocycles. The molecule has 0 radical (unpaired) electrons. The molecule has 0 bridgehead atoms. The monoisotopic (exact) mass is 429 g/mol. The van der Waals surface area contributed by atoms with Gasteiger partial charge >= 0.3 is 12.5 Å². The van der Waals surface area contributed by atoms with E-state index in [1.54, 1.807) is 30.3 Å². The van der Waals surface area contributed by atoms with E-state index in [9.17, 15) is 26.3 Å². The lowest BCUT2D eigenvalue weighted by molar-refractivity contribution is -0.274. The Kier molecular flexibility index (Phi) is 5.99. The van der Waals surface area contributed by atoms with Gasteiger partial charge in [0.1, 0.15) is 12.4 Å². The molecule has 0 aliphatic rings. The molecule has 0 saturated heterocycles. The van der Waals surface area contributed by atoms with Gasteiger partial charge in [-0.1, -0.05) is 30.3 Å². The van der Waals surface area contributed by atoms with Crippen molar-refractivity contribution in [3.05, 3.63) is 72.1 Å². The van der Waals surface area contributed by atoms with Crippen LogP contribution in [0, 0.1) is 0 Å². The Morgan fingerprint density at radius 1 is 0.867 bits per heavy atom. The maximum Gasteiger partial charge on any atom is 0.573 e. The Morgan fingerprint density at radius 3 is 2.13 bits per heavy atom. The molecule has 0 atom stereocenters. The molecule has 1 aromatic heterocycles. The smallest absolute Gasteiger partial charge is 0.470 e. The third kappa shape index (κ3) is 6.00. The van der Waals surface area contributed by atoms with Crippen molar-refractivity contribution in [2.75, 3.05) is 5.32 Å². The summed E-state index contributed by atoms with van der Waals surface area (Å²) in [6.45, 7) is -0.0656. The molecule has 30 heavy (non-hydrogen) atoms. The number of alkyl halides is 6. The molecule has 0 aliphatic carbocycles. The summed E-state index contributed by atoms with van der Waals surface area (Å²) >= 11 is 0. The van der Waals surface area contributed by atoms with Crippen LogP contribution in [0.1, 0.15) is 11.3 Å². The molecule has 0 fully saturated rings. The fourth-order valence-electron chi connectivity index (χ4n) is 2.30. The number of hydrogen-bond donors (Lipinski definition) is 1. The van der Waals surface area contributed by atoms with Gasteiger partial charge in [0.2, 0.25) is 0 Å². The number of benzene rings is 2. The summed E-state index contributed by atoms with van der Waals surface area (Å²) in [5, 5.41) is 2.67. The summed E-state index contributed by atoms with van der Waals surface area (Å²) in [4.78, 5) is 7.18. The van der Waals surface area contributed by atoms with Crippen molar-refractivity contribution >= 4 is 11.5 Å². The number of nitrogens with zero attached hydrogens (tertiary/aromatic N) is 2. The highest BCUT2D eigenvalue weighted by Gasteiger charge is 2.34. The molecule has 5 nitrogen and oxygen atoms in total. The Labute approximate surface area is 166 Å². The molecular weight excluding hydrogens is 416 g/mol. The van der Waals surface area contributed by atoms with E-state index in [4.69, 9.17) is 4.74 Å². The van der Waals surface area contributed by atoms with Gasteiger partial charge in [0.05, 0.1) is 6.20 Å². The Hall–Kier alpha value is -3.50. The van der Waals surface area contributed by atoms with Gasteiger partial charge in [0.15, 0.2) is 11.5 Å². The normalized spacial score (nSPS) is 11.8. The van der Waals surface area contributed by atoms with Crippen LogP contribution >= 0.6 is 0 Å². The molecule has 0 aliphatic heterocycles. The van der Waals surface area contributed by atoms with Gasteiger partial charge in [-0.05, 0) is 29.8 Å². The molecule has 1 heterocycles. The topological polar surface area (TPSA) is 56.3 Å². The second-order valence-corrected chi connectivity index (χ2v) is 5.88. The summed E-state index contributed by atoms with van der Waals surface area (Å²) in [5.74, 6) is -1.00. The second kappa shape index (κ2) is 8.47. The van der Waals surface area contributed by atoms with E-state index in [1.165, 1.54) is 12.1 Å². The summed E-state index contributed by atoms with van der Waals surface area (Å²) in [5.41, 5.74) is -0.315. The van der Waals surface area contributed by atoms with Crippen LogP contribution in [0.5, 0.6) is 11.6 Å². The third-order valence-corrected chi connectivity index (χ3v) is 3.60.